The van der Waals surface area contributed by atoms with Gasteiger partial charge in [-0.3, -0.25) is 0 Å². The fourth-order valence-corrected chi connectivity index (χ4v) is 3.01. The Morgan fingerprint density at radius 1 is 1.25 bits per heavy atom. The van der Waals surface area contributed by atoms with E-state index in [-0.39, 0.29) is 11.9 Å². The molecule has 4 heteroatoms. The molecule has 2 rings (SSSR count). The first-order valence-corrected chi connectivity index (χ1v) is 7.27. The van der Waals surface area contributed by atoms with Crippen molar-refractivity contribution in [2.75, 3.05) is 18.5 Å². The van der Waals surface area contributed by atoms with Gasteiger partial charge in [-0.15, -0.1) is 0 Å². The maximum atomic E-state index is 13.2. The van der Waals surface area contributed by atoms with Gasteiger partial charge in [-0.25, -0.2) is 4.39 Å². The van der Waals surface area contributed by atoms with Crippen LogP contribution < -0.4 is 10.6 Å². The van der Waals surface area contributed by atoms with Gasteiger partial charge < -0.3 is 10.6 Å². The van der Waals surface area contributed by atoms with E-state index in [1.807, 2.05) is 19.2 Å². The number of benzene rings is 2. The summed E-state index contributed by atoms with van der Waals surface area (Å²) in [6.45, 7) is 2.52. The van der Waals surface area contributed by atoms with Gasteiger partial charge in [0.2, 0.25) is 0 Å². The average molecular weight is 337 g/mol. The van der Waals surface area contributed by atoms with Crippen LogP contribution >= 0.6 is 15.9 Å². The van der Waals surface area contributed by atoms with Crippen LogP contribution in [-0.4, -0.2) is 13.6 Å². The second-order valence-corrected chi connectivity index (χ2v) is 5.67. The first-order valence-electron chi connectivity index (χ1n) is 6.48. The van der Waals surface area contributed by atoms with E-state index < -0.39 is 0 Å². The van der Waals surface area contributed by atoms with Gasteiger partial charge in [0, 0.05) is 23.8 Å². The van der Waals surface area contributed by atoms with E-state index in [1.165, 1.54) is 17.7 Å². The van der Waals surface area contributed by atoms with Gasteiger partial charge in [0.1, 0.15) is 5.82 Å². The van der Waals surface area contributed by atoms with Gasteiger partial charge in [-0.1, -0.05) is 40.2 Å². The standard InChI is InChI=1S/C16H18BrFN2/c1-11-5-3-4-6-15(11)20(2)16(10-19)13-8-7-12(18)9-14(13)17/h3-9,16H,10,19H2,1-2H3. The Morgan fingerprint density at radius 3 is 2.55 bits per heavy atom. The number of hydrogen-bond acceptors (Lipinski definition) is 2. The minimum absolute atomic E-state index is 0.00826. The number of nitrogens with two attached hydrogens (primary N) is 1. The third-order valence-corrected chi connectivity index (χ3v) is 4.19. The van der Waals surface area contributed by atoms with Gasteiger partial charge in [-0.2, -0.15) is 0 Å². The molecule has 0 fully saturated rings. The van der Waals surface area contributed by atoms with E-state index in [4.69, 9.17) is 5.73 Å². The molecule has 20 heavy (non-hydrogen) atoms. The molecule has 0 aliphatic rings. The summed E-state index contributed by atoms with van der Waals surface area (Å²) < 4.78 is 14.0. The summed E-state index contributed by atoms with van der Waals surface area (Å²) in [6, 6.07) is 12.9. The zero-order valence-corrected chi connectivity index (χ0v) is 13.2. The van der Waals surface area contributed by atoms with Gasteiger partial charge in [0.25, 0.3) is 0 Å². The van der Waals surface area contributed by atoms with Crippen LogP contribution in [0.3, 0.4) is 0 Å². The Balaban J connectivity index is 2.39. The van der Waals surface area contributed by atoms with Crippen LogP contribution in [-0.2, 0) is 0 Å². The minimum Gasteiger partial charge on any atom is -0.366 e. The normalized spacial score (nSPS) is 12.2. The molecule has 0 aliphatic carbocycles. The number of halogens is 2. The van der Waals surface area contributed by atoms with Crippen LogP contribution in [0, 0.1) is 12.7 Å². The Labute approximate surface area is 127 Å². The topological polar surface area (TPSA) is 29.3 Å². The van der Waals surface area contributed by atoms with E-state index in [0.717, 1.165) is 15.7 Å². The second-order valence-electron chi connectivity index (χ2n) is 4.81. The molecule has 2 nitrogen and oxygen atoms in total. The molecule has 0 spiro atoms. The summed E-state index contributed by atoms with van der Waals surface area (Å²) in [4.78, 5) is 2.13. The third kappa shape index (κ3) is 3.02. The number of aryl methyl sites for hydroxylation is 1. The van der Waals surface area contributed by atoms with Gasteiger partial charge >= 0.3 is 0 Å². The lowest BCUT2D eigenvalue weighted by atomic mass is 10.0. The molecule has 0 saturated carbocycles. The lowest BCUT2D eigenvalue weighted by Crippen LogP contribution is -2.31. The lowest BCUT2D eigenvalue weighted by molar-refractivity contribution is 0.620. The summed E-state index contributed by atoms with van der Waals surface area (Å²) in [5.41, 5.74) is 9.24. The maximum absolute atomic E-state index is 13.2. The van der Waals surface area contributed by atoms with Crippen molar-refractivity contribution in [2.24, 2.45) is 5.73 Å². The average Bonchev–Trinajstić information content (AvgIpc) is 2.42. The van der Waals surface area contributed by atoms with Gasteiger partial charge in [0.05, 0.1) is 6.04 Å². The van der Waals surface area contributed by atoms with Crippen LogP contribution in [0.25, 0.3) is 0 Å². The molecule has 0 saturated heterocycles. The zero-order valence-electron chi connectivity index (χ0n) is 11.6. The highest BCUT2D eigenvalue weighted by Crippen LogP contribution is 2.31. The molecule has 2 N–H and O–H groups in total. The Morgan fingerprint density at radius 2 is 1.95 bits per heavy atom. The molecule has 0 amide bonds. The van der Waals surface area contributed by atoms with Crippen LogP contribution in [0.5, 0.6) is 0 Å². The number of rotatable bonds is 4. The van der Waals surface area contributed by atoms with Crippen LogP contribution in [0.4, 0.5) is 10.1 Å². The van der Waals surface area contributed by atoms with Crippen molar-refractivity contribution in [1.29, 1.82) is 0 Å². The highest BCUT2D eigenvalue weighted by atomic mass is 79.9. The number of anilines is 1. The number of hydrogen-bond donors (Lipinski definition) is 1. The predicted octanol–water partition coefficient (Wildman–Crippen LogP) is 4.03. The fraction of sp³-hybridized carbons (Fsp3) is 0.250. The molecule has 1 unspecified atom stereocenters. The van der Waals surface area contributed by atoms with Crippen molar-refractivity contribution >= 4 is 21.6 Å². The first-order chi connectivity index (χ1) is 9.54. The van der Waals surface area contributed by atoms with E-state index in [2.05, 4.69) is 39.9 Å². The van der Waals surface area contributed by atoms with E-state index in [1.54, 1.807) is 6.07 Å². The molecule has 0 heterocycles. The smallest absolute Gasteiger partial charge is 0.124 e. The number of nitrogens with zero attached hydrogens (tertiary/aromatic N) is 1. The van der Waals surface area contributed by atoms with Crippen molar-refractivity contribution < 1.29 is 4.39 Å². The summed E-state index contributed by atoms with van der Waals surface area (Å²) in [6.07, 6.45) is 0. The van der Waals surface area contributed by atoms with E-state index >= 15 is 0 Å². The molecular formula is C16H18BrFN2. The maximum Gasteiger partial charge on any atom is 0.124 e. The molecule has 2 aromatic carbocycles. The van der Waals surface area contributed by atoms with Crippen molar-refractivity contribution in [3.8, 4) is 0 Å². The monoisotopic (exact) mass is 336 g/mol. The predicted molar refractivity (Wildman–Crippen MR) is 85.5 cm³/mol. The fourth-order valence-electron chi connectivity index (χ4n) is 2.39. The van der Waals surface area contributed by atoms with Crippen molar-refractivity contribution in [1.82, 2.24) is 0 Å². The summed E-state index contributed by atoms with van der Waals surface area (Å²) in [5, 5.41) is 0. The summed E-state index contributed by atoms with van der Waals surface area (Å²) in [5.74, 6) is -0.255. The minimum atomic E-state index is -0.255. The second kappa shape index (κ2) is 6.37. The largest absolute Gasteiger partial charge is 0.366 e. The molecule has 2 aromatic rings. The molecule has 0 radical (unpaired) electrons. The summed E-state index contributed by atoms with van der Waals surface area (Å²) >= 11 is 3.43. The summed E-state index contributed by atoms with van der Waals surface area (Å²) in [7, 11) is 2.01. The third-order valence-electron chi connectivity index (χ3n) is 3.51. The van der Waals surface area contributed by atoms with E-state index in [0.29, 0.717) is 6.54 Å². The van der Waals surface area contributed by atoms with Crippen molar-refractivity contribution in [3.05, 3.63) is 63.9 Å². The molecular weight excluding hydrogens is 319 g/mol. The van der Waals surface area contributed by atoms with Crippen molar-refractivity contribution in [2.45, 2.75) is 13.0 Å². The molecule has 106 valence electrons. The quantitative estimate of drug-likeness (QED) is 0.913. The molecule has 0 aromatic heterocycles. The molecule has 0 bridgehead atoms. The van der Waals surface area contributed by atoms with Gasteiger partial charge in [-0.05, 0) is 36.2 Å². The number of para-hydroxylation sites is 1. The Bertz CT molecular complexity index is 601. The molecule has 0 aliphatic heterocycles. The Kier molecular flexibility index (Phi) is 4.78. The zero-order chi connectivity index (χ0) is 14.7. The van der Waals surface area contributed by atoms with E-state index in [9.17, 15) is 4.39 Å². The van der Waals surface area contributed by atoms with Crippen molar-refractivity contribution in [3.63, 3.8) is 0 Å². The van der Waals surface area contributed by atoms with Crippen LogP contribution in [0.1, 0.15) is 17.2 Å². The first kappa shape index (κ1) is 15.0. The number of likely N-dealkylation sites (N-methyl/N-ethyl adjacent to an activating group) is 1. The van der Waals surface area contributed by atoms with Gasteiger partial charge in [0.15, 0.2) is 0 Å². The Hall–Kier alpha value is -1.39. The lowest BCUT2D eigenvalue weighted by Gasteiger charge is -2.31. The highest BCUT2D eigenvalue weighted by Gasteiger charge is 2.19. The highest BCUT2D eigenvalue weighted by molar-refractivity contribution is 9.10. The molecule has 1 atom stereocenters. The van der Waals surface area contributed by atoms with Crippen LogP contribution in [0.15, 0.2) is 46.9 Å². The van der Waals surface area contributed by atoms with Crippen LogP contribution in [0.2, 0.25) is 0 Å². The SMILES string of the molecule is Cc1ccccc1N(C)C(CN)c1ccc(F)cc1Br.